The Bertz CT molecular complexity index is 838. The predicted octanol–water partition coefficient (Wildman–Crippen LogP) is 4.47. The van der Waals surface area contributed by atoms with Crippen LogP contribution in [0.25, 0.3) is 0 Å². The highest BCUT2D eigenvalue weighted by molar-refractivity contribution is 5.89. The minimum absolute atomic E-state index is 0.0411. The predicted molar refractivity (Wildman–Crippen MR) is 112 cm³/mol. The number of likely N-dealkylation sites (tertiary alicyclic amines) is 1. The van der Waals surface area contributed by atoms with E-state index in [0.717, 1.165) is 24.8 Å². The van der Waals surface area contributed by atoms with Crippen LogP contribution in [0.1, 0.15) is 36.8 Å². The summed E-state index contributed by atoms with van der Waals surface area (Å²) in [5, 5.41) is 5.78. The monoisotopic (exact) mass is 397 g/mol. The molecule has 5 nitrogen and oxygen atoms in total. The molecule has 2 aromatic rings. The molecule has 154 valence electrons. The second kappa shape index (κ2) is 10.0. The quantitative estimate of drug-likeness (QED) is 0.755. The number of carbonyl (C=O) groups excluding carboxylic acids is 2. The molecule has 6 heteroatoms. The number of urea groups is 1. The Morgan fingerprint density at radius 3 is 2.72 bits per heavy atom. The van der Waals surface area contributed by atoms with E-state index in [1.165, 1.54) is 17.7 Å². The third-order valence-electron chi connectivity index (χ3n) is 5.25. The zero-order valence-electron chi connectivity index (χ0n) is 16.8. The lowest BCUT2D eigenvalue weighted by Crippen LogP contribution is -2.42. The van der Waals surface area contributed by atoms with Gasteiger partial charge in [0.25, 0.3) is 0 Å². The number of piperidine rings is 1. The Kier molecular flexibility index (Phi) is 7.22. The first-order chi connectivity index (χ1) is 14.0. The SMILES string of the molecule is Cc1cccc(CNC(=O)CC[C@H]2CCCN(C(=O)Nc3ccc(F)cc3)C2)c1. The second-order valence-electron chi connectivity index (χ2n) is 7.70. The molecular formula is C23H28FN3O2. The van der Waals surface area contributed by atoms with Gasteiger partial charge in [0.2, 0.25) is 5.91 Å². The smallest absolute Gasteiger partial charge is 0.321 e. The fourth-order valence-corrected chi connectivity index (χ4v) is 3.67. The van der Waals surface area contributed by atoms with Crippen LogP contribution in [0.15, 0.2) is 48.5 Å². The average Bonchev–Trinajstić information content (AvgIpc) is 2.72. The van der Waals surface area contributed by atoms with Gasteiger partial charge in [-0.1, -0.05) is 29.8 Å². The van der Waals surface area contributed by atoms with E-state index in [1.54, 1.807) is 17.0 Å². The number of anilines is 1. The molecule has 2 aromatic carbocycles. The summed E-state index contributed by atoms with van der Waals surface area (Å²) in [5.41, 5.74) is 2.85. The molecule has 0 saturated carbocycles. The lowest BCUT2D eigenvalue weighted by molar-refractivity contribution is -0.121. The standard InChI is InChI=1S/C23H28FN3O2/c1-17-4-2-5-19(14-17)15-25-22(28)12-7-18-6-3-13-27(16-18)23(29)26-21-10-8-20(24)9-11-21/h2,4-5,8-11,14,18H,3,6-7,12-13,15-16H2,1H3,(H,25,28)(H,26,29)/t18-/m1/s1. The molecule has 0 bridgehead atoms. The summed E-state index contributed by atoms with van der Waals surface area (Å²) >= 11 is 0. The summed E-state index contributed by atoms with van der Waals surface area (Å²) in [6.45, 7) is 3.91. The molecule has 1 atom stereocenters. The molecule has 0 radical (unpaired) electrons. The molecule has 1 heterocycles. The molecule has 2 N–H and O–H groups in total. The third-order valence-corrected chi connectivity index (χ3v) is 5.25. The van der Waals surface area contributed by atoms with Crippen LogP contribution in [-0.4, -0.2) is 29.9 Å². The number of aryl methyl sites for hydroxylation is 1. The summed E-state index contributed by atoms with van der Waals surface area (Å²) in [6.07, 6.45) is 3.17. The highest BCUT2D eigenvalue weighted by Gasteiger charge is 2.24. The molecule has 0 aliphatic carbocycles. The minimum Gasteiger partial charge on any atom is -0.352 e. The first-order valence-electron chi connectivity index (χ1n) is 10.1. The van der Waals surface area contributed by atoms with Crippen molar-refractivity contribution in [1.82, 2.24) is 10.2 Å². The van der Waals surface area contributed by atoms with Crippen LogP contribution in [-0.2, 0) is 11.3 Å². The largest absolute Gasteiger partial charge is 0.352 e. The Morgan fingerprint density at radius 1 is 1.17 bits per heavy atom. The van der Waals surface area contributed by atoms with Gasteiger partial charge in [0.1, 0.15) is 5.82 Å². The number of amides is 3. The Hall–Kier alpha value is -2.89. The molecule has 3 rings (SSSR count). The van der Waals surface area contributed by atoms with E-state index in [-0.39, 0.29) is 17.8 Å². The van der Waals surface area contributed by atoms with E-state index < -0.39 is 0 Å². The van der Waals surface area contributed by atoms with Gasteiger partial charge in [-0.3, -0.25) is 4.79 Å². The number of nitrogens with zero attached hydrogens (tertiary/aromatic N) is 1. The molecule has 1 aliphatic heterocycles. The van der Waals surface area contributed by atoms with E-state index in [9.17, 15) is 14.0 Å². The first kappa shape index (κ1) is 20.8. The molecule has 0 spiro atoms. The van der Waals surface area contributed by atoms with Crippen LogP contribution < -0.4 is 10.6 Å². The molecule has 0 aromatic heterocycles. The Balaban J connectivity index is 1.41. The van der Waals surface area contributed by atoms with E-state index in [2.05, 4.69) is 16.7 Å². The van der Waals surface area contributed by atoms with Gasteiger partial charge in [-0.05, 0) is 61.9 Å². The number of rotatable bonds is 6. The van der Waals surface area contributed by atoms with Gasteiger partial charge in [-0.2, -0.15) is 0 Å². The topological polar surface area (TPSA) is 61.4 Å². The van der Waals surface area contributed by atoms with Crippen molar-refractivity contribution < 1.29 is 14.0 Å². The van der Waals surface area contributed by atoms with Crippen molar-refractivity contribution in [3.8, 4) is 0 Å². The van der Waals surface area contributed by atoms with Crippen molar-refractivity contribution in [2.75, 3.05) is 18.4 Å². The summed E-state index contributed by atoms with van der Waals surface area (Å²) in [7, 11) is 0. The lowest BCUT2D eigenvalue weighted by atomic mass is 9.93. The van der Waals surface area contributed by atoms with Crippen LogP contribution in [0.3, 0.4) is 0 Å². The maximum atomic E-state index is 13.0. The van der Waals surface area contributed by atoms with Gasteiger partial charge >= 0.3 is 6.03 Å². The van der Waals surface area contributed by atoms with Gasteiger partial charge in [-0.25, -0.2) is 9.18 Å². The summed E-state index contributed by atoms with van der Waals surface area (Å²) in [5.74, 6) is 0.0218. The number of carbonyl (C=O) groups is 2. The maximum absolute atomic E-state index is 13.0. The van der Waals surface area contributed by atoms with E-state index in [0.29, 0.717) is 37.7 Å². The molecule has 1 saturated heterocycles. The number of hydrogen-bond donors (Lipinski definition) is 2. The van der Waals surface area contributed by atoms with Gasteiger partial charge in [0.15, 0.2) is 0 Å². The van der Waals surface area contributed by atoms with Crippen molar-refractivity contribution in [1.29, 1.82) is 0 Å². The van der Waals surface area contributed by atoms with E-state index in [4.69, 9.17) is 0 Å². The zero-order valence-corrected chi connectivity index (χ0v) is 16.8. The summed E-state index contributed by atoms with van der Waals surface area (Å²) in [6, 6.07) is 13.7. The molecule has 29 heavy (non-hydrogen) atoms. The highest BCUT2D eigenvalue weighted by Crippen LogP contribution is 2.22. The van der Waals surface area contributed by atoms with Gasteiger partial charge in [0, 0.05) is 31.7 Å². The Morgan fingerprint density at radius 2 is 1.97 bits per heavy atom. The lowest BCUT2D eigenvalue weighted by Gasteiger charge is -2.32. The molecule has 1 aliphatic rings. The number of hydrogen-bond acceptors (Lipinski definition) is 2. The number of halogens is 1. The van der Waals surface area contributed by atoms with Crippen molar-refractivity contribution in [2.24, 2.45) is 5.92 Å². The molecule has 0 unspecified atom stereocenters. The summed E-state index contributed by atoms with van der Waals surface area (Å²) < 4.78 is 13.0. The van der Waals surface area contributed by atoms with Crippen LogP contribution >= 0.6 is 0 Å². The molecular weight excluding hydrogens is 369 g/mol. The average molecular weight is 397 g/mol. The van der Waals surface area contributed by atoms with Crippen LogP contribution in [0, 0.1) is 18.7 Å². The van der Waals surface area contributed by atoms with E-state index >= 15 is 0 Å². The normalized spacial score (nSPS) is 16.3. The highest BCUT2D eigenvalue weighted by atomic mass is 19.1. The van der Waals surface area contributed by atoms with E-state index in [1.807, 2.05) is 25.1 Å². The zero-order chi connectivity index (χ0) is 20.6. The van der Waals surface area contributed by atoms with Crippen molar-refractivity contribution in [2.45, 2.75) is 39.2 Å². The maximum Gasteiger partial charge on any atom is 0.321 e. The first-order valence-corrected chi connectivity index (χ1v) is 10.1. The van der Waals surface area contributed by atoms with Crippen LogP contribution in [0.5, 0.6) is 0 Å². The summed E-state index contributed by atoms with van der Waals surface area (Å²) in [4.78, 5) is 26.4. The van der Waals surface area contributed by atoms with Crippen LogP contribution in [0.2, 0.25) is 0 Å². The second-order valence-corrected chi connectivity index (χ2v) is 7.70. The fraction of sp³-hybridized carbons (Fsp3) is 0.391. The Labute approximate surface area is 171 Å². The van der Waals surface area contributed by atoms with Gasteiger partial charge < -0.3 is 15.5 Å². The fourth-order valence-electron chi connectivity index (χ4n) is 3.67. The third kappa shape index (κ3) is 6.59. The number of benzene rings is 2. The van der Waals surface area contributed by atoms with Crippen molar-refractivity contribution in [3.63, 3.8) is 0 Å². The minimum atomic E-state index is -0.332. The van der Waals surface area contributed by atoms with Crippen molar-refractivity contribution >= 4 is 17.6 Å². The van der Waals surface area contributed by atoms with Gasteiger partial charge in [-0.15, -0.1) is 0 Å². The van der Waals surface area contributed by atoms with Crippen molar-refractivity contribution in [3.05, 3.63) is 65.5 Å². The number of nitrogens with one attached hydrogen (secondary N) is 2. The molecule has 1 fully saturated rings. The van der Waals surface area contributed by atoms with Gasteiger partial charge in [0.05, 0.1) is 0 Å². The molecule has 3 amide bonds. The van der Waals surface area contributed by atoms with Crippen LogP contribution in [0.4, 0.5) is 14.9 Å².